The molecular formula is C19H20BrN5O3. The van der Waals surface area contributed by atoms with Gasteiger partial charge in [-0.3, -0.25) is 23.3 Å². The molecule has 0 unspecified atom stereocenters. The summed E-state index contributed by atoms with van der Waals surface area (Å²) in [6, 6.07) is 10.2. The molecule has 1 aliphatic rings. The Morgan fingerprint density at radius 3 is 2.50 bits per heavy atom. The van der Waals surface area contributed by atoms with Crippen molar-refractivity contribution in [3.8, 4) is 0 Å². The van der Waals surface area contributed by atoms with Gasteiger partial charge in [-0.2, -0.15) is 0 Å². The lowest BCUT2D eigenvalue weighted by Crippen LogP contribution is -2.38. The molecule has 4 rings (SSSR count). The fourth-order valence-electron chi connectivity index (χ4n) is 3.58. The Morgan fingerprint density at radius 1 is 1.18 bits per heavy atom. The van der Waals surface area contributed by atoms with Crippen molar-refractivity contribution in [3.63, 3.8) is 0 Å². The number of nitrogens with one attached hydrogen (secondary N) is 1. The van der Waals surface area contributed by atoms with Gasteiger partial charge in [0.1, 0.15) is 6.54 Å². The lowest BCUT2D eigenvalue weighted by atomic mass is 9.96. The Balaban J connectivity index is 1.57. The number of carbonyl (C=O) groups excluding carboxylic acids is 1. The second kappa shape index (κ2) is 6.73. The minimum absolute atomic E-state index is 0.00789. The van der Waals surface area contributed by atoms with Crippen LogP contribution in [0.4, 0.5) is 0 Å². The van der Waals surface area contributed by atoms with Crippen molar-refractivity contribution in [2.75, 3.05) is 6.54 Å². The summed E-state index contributed by atoms with van der Waals surface area (Å²) in [6.45, 7) is 0.517. The van der Waals surface area contributed by atoms with Crippen molar-refractivity contribution in [1.82, 2.24) is 24.0 Å². The molecule has 2 aromatic heterocycles. The molecule has 8 nitrogen and oxygen atoms in total. The third-order valence-corrected chi connectivity index (χ3v) is 6.06. The molecule has 1 saturated carbocycles. The summed E-state index contributed by atoms with van der Waals surface area (Å²) in [7, 11) is 2.96. The van der Waals surface area contributed by atoms with E-state index in [9.17, 15) is 14.4 Å². The molecule has 28 heavy (non-hydrogen) atoms. The quantitative estimate of drug-likeness (QED) is 0.594. The molecule has 0 radical (unpaired) electrons. The molecule has 1 amide bonds. The second-order valence-electron chi connectivity index (χ2n) is 7.27. The van der Waals surface area contributed by atoms with Crippen molar-refractivity contribution in [2.24, 2.45) is 14.1 Å². The molecule has 2 heterocycles. The highest BCUT2D eigenvalue weighted by Crippen LogP contribution is 2.47. The van der Waals surface area contributed by atoms with E-state index in [-0.39, 0.29) is 23.4 Å². The molecule has 3 aromatic rings. The monoisotopic (exact) mass is 445 g/mol. The first kappa shape index (κ1) is 18.7. The van der Waals surface area contributed by atoms with Gasteiger partial charge in [0.25, 0.3) is 5.56 Å². The summed E-state index contributed by atoms with van der Waals surface area (Å²) in [4.78, 5) is 41.4. The minimum atomic E-state index is -0.487. The Bertz CT molecular complexity index is 1190. The number of carbonyl (C=O) groups is 1. The first-order valence-electron chi connectivity index (χ1n) is 8.98. The number of aryl methyl sites for hydroxylation is 1. The van der Waals surface area contributed by atoms with Gasteiger partial charge in [0.15, 0.2) is 15.9 Å². The maximum absolute atomic E-state index is 12.6. The summed E-state index contributed by atoms with van der Waals surface area (Å²) in [6.07, 6.45) is 2.08. The number of hydrogen-bond acceptors (Lipinski definition) is 4. The number of benzene rings is 1. The second-order valence-corrected chi connectivity index (χ2v) is 7.98. The van der Waals surface area contributed by atoms with Crippen molar-refractivity contribution >= 4 is 33.0 Å². The van der Waals surface area contributed by atoms with E-state index in [1.165, 1.54) is 21.7 Å². The molecular weight excluding hydrogens is 426 g/mol. The number of fused-ring (bicyclic) bond motifs is 1. The van der Waals surface area contributed by atoms with E-state index in [4.69, 9.17) is 0 Å². The highest BCUT2D eigenvalue weighted by atomic mass is 79.9. The Kier molecular flexibility index (Phi) is 4.49. The normalized spacial score (nSPS) is 15.0. The first-order chi connectivity index (χ1) is 13.3. The summed E-state index contributed by atoms with van der Waals surface area (Å²) in [5.41, 5.74) is 0.752. The summed E-state index contributed by atoms with van der Waals surface area (Å²) < 4.78 is 4.20. The predicted octanol–water partition coefficient (Wildman–Crippen LogP) is 1.04. The summed E-state index contributed by atoms with van der Waals surface area (Å²) >= 11 is 3.30. The standard InChI is InChI=1S/C19H20BrN5O3/c1-23-15-14(16(27)24(2)18(23)28)22-17(20)25(15)10-13(26)21-11-19(8-9-19)12-6-4-3-5-7-12/h3-7H,8-11H2,1-2H3,(H,21,26). The Labute approximate surface area is 168 Å². The molecule has 0 saturated heterocycles. The average molecular weight is 446 g/mol. The Morgan fingerprint density at radius 2 is 1.86 bits per heavy atom. The van der Waals surface area contributed by atoms with Gasteiger partial charge in [0.2, 0.25) is 5.91 Å². The van der Waals surface area contributed by atoms with Crippen molar-refractivity contribution in [2.45, 2.75) is 24.8 Å². The fraction of sp³-hybridized carbons (Fsp3) is 0.368. The average Bonchev–Trinajstić information content (AvgIpc) is 3.43. The number of halogens is 1. The molecule has 9 heteroatoms. The van der Waals surface area contributed by atoms with Crippen LogP contribution >= 0.6 is 15.9 Å². The molecule has 1 aromatic carbocycles. The molecule has 0 atom stereocenters. The smallest absolute Gasteiger partial charge is 0.332 e. The van der Waals surface area contributed by atoms with Crippen LogP contribution in [-0.4, -0.2) is 31.1 Å². The largest absolute Gasteiger partial charge is 0.354 e. The molecule has 0 spiro atoms. The van der Waals surface area contributed by atoms with E-state index in [0.29, 0.717) is 16.9 Å². The minimum Gasteiger partial charge on any atom is -0.354 e. The van der Waals surface area contributed by atoms with Gasteiger partial charge in [0, 0.05) is 26.1 Å². The first-order valence-corrected chi connectivity index (χ1v) is 9.77. The van der Waals surface area contributed by atoms with Crippen LogP contribution in [0.3, 0.4) is 0 Å². The number of aromatic nitrogens is 4. The molecule has 1 aliphatic carbocycles. The van der Waals surface area contributed by atoms with Crippen LogP contribution in [0.1, 0.15) is 18.4 Å². The fourth-order valence-corrected chi connectivity index (χ4v) is 4.05. The third-order valence-electron chi connectivity index (χ3n) is 5.46. The van der Waals surface area contributed by atoms with Crippen LogP contribution < -0.4 is 16.6 Å². The van der Waals surface area contributed by atoms with Gasteiger partial charge in [-0.15, -0.1) is 0 Å². The summed E-state index contributed by atoms with van der Waals surface area (Å²) in [5, 5.41) is 3.00. The molecule has 146 valence electrons. The van der Waals surface area contributed by atoms with Gasteiger partial charge in [-0.25, -0.2) is 9.78 Å². The Hall–Kier alpha value is -2.68. The van der Waals surface area contributed by atoms with Gasteiger partial charge in [-0.1, -0.05) is 30.3 Å². The van der Waals surface area contributed by atoms with E-state index < -0.39 is 11.2 Å². The van der Waals surface area contributed by atoms with Gasteiger partial charge in [-0.05, 0) is 34.3 Å². The molecule has 1 fully saturated rings. The van der Waals surface area contributed by atoms with E-state index in [1.807, 2.05) is 18.2 Å². The zero-order valence-corrected chi connectivity index (χ0v) is 17.2. The van der Waals surface area contributed by atoms with E-state index in [0.717, 1.165) is 17.4 Å². The van der Waals surface area contributed by atoms with E-state index in [1.54, 1.807) is 7.05 Å². The highest BCUT2D eigenvalue weighted by molar-refractivity contribution is 9.10. The van der Waals surface area contributed by atoms with Gasteiger partial charge >= 0.3 is 5.69 Å². The van der Waals surface area contributed by atoms with Gasteiger partial charge < -0.3 is 5.32 Å². The predicted molar refractivity (Wildman–Crippen MR) is 108 cm³/mol. The zero-order valence-electron chi connectivity index (χ0n) is 15.6. The third kappa shape index (κ3) is 2.99. The number of hydrogen-bond donors (Lipinski definition) is 1. The van der Waals surface area contributed by atoms with E-state index in [2.05, 4.69) is 38.4 Å². The van der Waals surface area contributed by atoms with Crippen molar-refractivity contribution < 1.29 is 4.79 Å². The number of amides is 1. The number of rotatable bonds is 5. The maximum atomic E-state index is 12.6. The van der Waals surface area contributed by atoms with Crippen molar-refractivity contribution in [1.29, 1.82) is 0 Å². The molecule has 1 N–H and O–H groups in total. The number of nitrogens with zero attached hydrogens (tertiary/aromatic N) is 4. The lowest BCUT2D eigenvalue weighted by Gasteiger charge is -2.17. The SMILES string of the molecule is Cn1c(=O)c2nc(Br)n(CC(=O)NCC3(c4ccccc4)CC3)c2n(C)c1=O. The van der Waals surface area contributed by atoms with Crippen LogP contribution in [0.5, 0.6) is 0 Å². The van der Waals surface area contributed by atoms with Gasteiger partial charge in [0.05, 0.1) is 0 Å². The zero-order chi connectivity index (χ0) is 20.1. The summed E-state index contributed by atoms with van der Waals surface area (Å²) in [5.74, 6) is -0.199. The molecule has 0 bridgehead atoms. The van der Waals surface area contributed by atoms with E-state index >= 15 is 0 Å². The van der Waals surface area contributed by atoms with Crippen LogP contribution in [0, 0.1) is 0 Å². The molecule has 0 aliphatic heterocycles. The topological polar surface area (TPSA) is 90.9 Å². The van der Waals surface area contributed by atoms with Crippen LogP contribution in [0.25, 0.3) is 11.2 Å². The highest BCUT2D eigenvalue weighted by Gasteiger charge is 2.44. The number of imidazole rings is 1. The van der Waals surface area contributed by atoms with Crippen molar-refractivity contribution in [3.05, 3.63) is 61.5 Å². The van der Waals surface area contributed by atoms with Crippen LogP contribution in [-0.2, 0) is 30.8 Å². The van der Waals surface area contributed by atoms with Crippen LogP contribution in [0.15, 0.2) is 44.7 Å². The lowest BCUT2D eigenvalue weighted by molar-refractivity contribution is -0.121. The maximum Gasteiger partial charge on any atom is 0.332 e. The van der Waals surface area contributed by atoms with Crippen LogP contribution in [0.2, 0.25) is 0 Å².